The number of thioether (sulfide) groups is 4. The van der Waals surface area contributed by atoms with Crippen LogP contribution >= 0.6 is 47.0 Å². The van der Waals surface area contributed by atoms with Crippen molar-refractivity contribution in [2.75, 3.05) is 23.0 Å². The molecule has 0 unspecified atom stereocenters. The van der Waals surface area contributed by atoms with E-state index in [9.17, 15) is 0 Å². The van der Waals surface area contributed by atoms with Gasteiger partial charge in [0.05, 0.1) is 0 Å². The van der Waals surface area contributed by atoms with Gasteiger partial charge in [-0.2, -0.15) is 47.0 Å². The fourth-order valence-electron chi connectivity index (χ4n) is 6.14. The van der Waals surface area contributed by atoms with E-state index in [-0.39, 0.29) is 0 Å². The molecule has 36 heavy (non-hydrogen) atoms. The lowest BCUT2D eigenvalue weighted by molar-refractivity contribution is 0.315. The van der Waals surface area contributed by atoms with Crippen molar-refractivity contribution in [2.45, 2.75) is 74.4 Å². The molecule has 8 rings (SSSR count). The van der Waals surface area contributed by atoms with E-state index < -0.39 is 0 Å². The fraction of sp³-hybridized carbons (Fsp3) is 0.625. The van der Waals surface area contributed by atoms with Gasteiger partial charge >= 0.3 is 0 Å². The van der Waals surface area contributed by atoms with E-state index in [0.29, 0.717) is 0 Å². The highest BCUT2D eigenvalue weighted by atomic mass is 32.2. The Morgan fingerprint density at radius 2 is 0.778 bits per heavy atom. The van der Waals surface area contributed by atoms with Crippen LogP contribution < -0.4 is 0 Å². The molecule has 4 heterocycles. The van der Waals surface area contributed by atoms with Crippen molar-refractivity contribution in [1.82, 2.24) is 0 Å². The van der Waals surface area contributed by atoms with Crippen molar-refractivity contribution in [3.8, 4) is 0 Å². The Morgan fingerprint density at radius 3 is 1.17 bits per heavy atom. The van der Waals surface area contributed by atoms with E-state index in [2.05, 4.69) is 95.6 Å². The van der Waals surface area contributed by atoms with Crippen molar-refractivity contribution < 1.29 is 0 Å². The van der Waals surface area contributed by atoms with Crippen LogP contribution in [0.4, 0.5) is 0 Å². The maximum absolute atomic E-state index is 2.49. The van der Waals surface area contributed by atoms with Crippen LogP contribution in [0.3, 0.4) is 0 Å². The Labute approximate surface area is 237 Å². The third kappa shape index (κ3) is 8.68. The lowest BCUT2D eigenvalue weighted by Gasteiger charge is -2.28. The van der Waals surface area contributed by atoms with Crippen molar-refractivity contribution >= 4 is 47.0 Å². The Balaban J connectivity index is 1.18. The largest absolute Gasteiger partial charge is 0.157 e. The molecular formula is C32H44S4. The minimum atomic E-state index is 0.941. The molecule has 0 atom stereocenters. The summed E-state index contributed by atoms with van der Waals surface area (Å²) in [5, 5.41) is 0. The number of rotatable bonds is 0. The minimum Gasteiger partial charge on any atom is -0.157 e. The summed E-state index contributed by atoms with van der Waals surface area (Å²) >= 11 is 8.76. The average molecular weight is 557 g/mol. The van der Waals surface area contributed by atoms with Crippen molar-refractivity contribution in [3.63, 3.8) is 0 Å². The second kappa shape index (κ2) is 14.8. The van der Waals surface area contributed by atoms with Gasteiger partial charge in [0.25, 0.3) is 0 Å². The summed E-state index contributed by atoms with van der Waals surface area (Å²) in [6.45, 7) is 0. The van der Waals surface area contributed by atoms with Gasteiger partial charge in [0.2, 0.25) is 0 Å². The van der Waals surface area contributed by atoms with Crippen LogP contribution in [0.5, 0.6) is 0 Å². The first-order valence-electron chi connectivity index (χ1n) is 14.3. The second-order valence-corrected chi connectivity index (χ2v) is 15.5. The number of hydrogen-bond acceptors (Lipinski definition) is 4. The highest BCUT2D eigenvalue weighted by Gasteiger charge is 2.22. The van der Waals surface area contributed by atoms with Crippen LogP contribution in [0.2, 0.25) is 0 Å². The molecule has 0 radical (unpaired) electrons. The third-order valence-electron chi connectivity index (χ3n) is 8.51. The first-order chi connectivity index (χ1) is 17.8. The van der Waals surface area contributed by atoms with Gasteiger partial charge in [0.15, 0.2) is 0 Å². The van der Waals surface area contributed by atoms with E-state index in [1.807, 2.05) is 0 Å². The SMILES string of the molecule is c1cc2cc(c1)CSCC1CCC(CC1)CSCc1ccccc1CSCC1CCC(CC1)CSC2. The molecule has 6 aliphatic rings. The zero-order valence-electron chi connectivity index (χ0n) is 21.9. The molecule has 0 nitrogen and oxygen atoms in total. The lowest BCUT2D eigenvalue weighted by atomic mass is 9.84. The molecule has 6 bridgehead atoms. The molecule has 0 spiro atoms. The normalized spacial score (nSPS) is 29.1. The summed E-state index contributed by atoms with van der Waals surface area (Å²) in [7, 11) is 0. The molecule has 2 aliphatic carbocycles. The van der Waals surface area contributed by atoms with Crippen LogP contribution in [-0.4, -0.2) is 23.0 Å². The van der Waals surface area contributed by atoms with Crippen LogP contribution in [0.25, 0.3) is 0 Å². The van der Waals surface area contributed by atoms with Crippen LogP contribution in [0.15, 0.2) is 48.5 Å². The Morgan fingerprint density at radius 1 is 0.417 bits per heavy atom. The van der Waals surface area contributed by atoms with Crippen LogP contribution in [-0.2, 0) is 23.0 Å². The first kappa shape index (κ1) is 27.4. The molecule has 0 aromatic heterocycles. The van der Waals surface area contributed by atoms with E-state index in [4.69, 9.17) is 0 Å². The summed E-state index contributed by atoms with van der Waals surface area (Å²) in [6.07, 6.45) is 11.6. The topological polar surface area (TPSA) is 0 Å². The number of benzene rings is 2. The van der Waals surface area contributed by atoms with Crippen molar-refractivity contribution in [1.29, 1.82) is 0 Å². The predicted octanol–water partition coefficient (Wildman–Crippen LogP) is 9.95. The van der Waals surface area contributed by atoms with Gasteiger partial charge in [-0.15, -0.1) is 0 Å². The molecule has 2 aromatic carbocycles. The van der Waals surface area contributed by atoms with E-state index >= 15 is 0 Å². The molecule has 0 saturated heterocycles. The zero-order chi connectivity index (χ0) is 24.4. The lowest BCUT2D eigenvalue weighted by Crippen LogP contribution is -2.18. The smallest absolute Gasteiger partial charge is 0.0187 e. The van der Waals surface area contributed by atoms with Gasteiger partial charge in [-0.25, -0.2) is 0 Å². The maximum atomic E-state index is 2.49. The summed E-state index contributed by atoms with van der Waals surface area (Å²) in [5.74, 6) is 14.0. The Hall–Kier alpha value is -0.160. The van der Waals surface area contributed by atoms with Gasteiger partial charge in [-0.3, -0.25) is 0 Å². The predicted molar refractivity (Wildman–Crippen MR) is 168 cm³/mol. The quantitative estimate of drug-likeness (QED) is 0.316. The minimum absolute atomic E-state index is 0.941. The first-order valence-corrected chi connectivity index (χ1v) is 18.9. The molecule has 2 saturated carbocycles. The van der Waals surface area contributed by atoms with Gasteiger partial charge in [-0.05, 0) is 120 Å². The van der Waals surface area contributed by atoms with Gasteiger partial charge in [-0.1, -0.05) is 48.5 Å². The summed E-state index contributed by atoms with van der Waals surface area (Å²) in [4.78, 5) is 0. The highest BCUT2D eigenvalue weighted by molar-refractivity contribution is 7.99. The molecule has 2 aromatic rings. The van der Waals surface area contributed by atoms with E-state index in [1.54, 1.807) is 11.1 Å². The van der Waals surface area contributed by atoms with Gasteiger partial charge in [0, 0.05) is 23.0 Å². The maximum Gasteiger partial charge on any atom is 0.0187 e. The summed E-state index contributed by atoms with van der Waals surface area (Å²) < 4.78 is 0. The second-order valence-electron chi connectivity index (χ2n) is 11.4. The molecule has 2 fully saturated rings. The monoisotopic (exact) mass is 556 g/mol. The molecule has 4 aliphatic heterocycles. The molecule has 4 heteroatoms. The fourth-order valence-corrected chi connectivity index (χ4v) is 11.1. The Bertz CT molecular complexity index is 842. The van der Waals surface area contributed by atoms with Crippen LogP contribution in [0, 0.1) is 23.7 Å². The summed E-state index contributed by atoms with van der Waals surface area (Å²) in [5.41, 5.74) is 6.25. The average Bonchev–Trinajstić information content (AvgIpc) is 2.91. The van der Waals surface area contributed by atoms with E-state index in [0.717, 1.165) is 23.7 Å². The molecular weight excluding hydrogens is 513 g/mol. The third-order valence-corrected chi connectivity index (χ3v) is 13.4. The molecule has 196 valence electrons. The van der Waals surface area contributed by atoms with Crippen molar-refractivity contribution in [2.24, 2.45) is 23.7 Å². The standard InChI is InChI=1S/C32H44S4/c1-2-7-32-24-36-20-28-14-10-26(11-15-28)18-34-22-30-5-3-4-29(16-30)21-33-17-25-8-12-27(13-9-25)19-35-23-31(32)6-1/h1-7,16,25-28H,8-15,17-24H2. The molecule has 0 amide bonds. The zero-order valence-corrected chi connectivity index (χ0v) is 25.1. The van der Waals surface area contributed by atoms with Gasteiger partial charge in [0.1, 0.15) is 0 Å². The highest BCUT2D eigenvalue weighted by Crippen LogP contribution is 2.36. The Kier molecular flexibility index (Phi) is 11.3. The summed E-state index contributed by atoms with van der Waals surface area (Å²) in [6, 6.07) is 18.8. The van der Waals surface area contributed by atoms with Gasteiger partial charge < -0.3 is 0 Å². The number of hydrogen-bond donors (Lipinski definition) is 0. The van der Waals surface area contributed by atoms with Crippen molar-refractivity contribution in [3.05, 3.63) is 70.8 Å². The van der Waals surface area contributed by atoms with Crippen LogP contribution in [0.1, 0.15) is 73.6 Å². The molecule has 0 N–H and O–H groups in total. The van der Waals surface area contributed by atoms with E-state index in [1.165, 1.54) is 109 Å².